The van der Waals surface area contributed by atoms with Crippen molar-refractivity contribution in [1.82, 2.24) is 15.5 Å². The summed E-state index contributed by atoms with van der Waals surface area (Å²) in [7, 11) is 0. The first kappa shape index (κ1) is 9.21. The van der Waals surface area contributed by atoms with Gasteiger partial charge in [0.1, 0.15) is 6.10 Å². The lowest BCUT2D eigenvalue weighted by Crippen LogP contribution is -2.37. The quantitative estimate of drug-likeness (QED) is 0.761. The fourth-order valence-corrected chi connectivity index (χ4v) is 2.46. The Hall–Kier alpha value is -1.03. The fourth-order valence-electron chi connectivity index (χ4n) is 2.46. The van der Waals surface area contributed by atoms with Gasteiger partial charge in [-0.3, -0.25) is 5.10 Å². The van der Waals surface area contributed by atoms with Crippen LogP contribution in [0.3, 0.4) is 0 Å². The minimum absolute atomic E-state index is 0.312. The predicted molar refractivity (Wildman–Crippen MR) is 57.1 cm³/mol. The summed E-state index contributed by atoms with van der Waals surface area (Å²) in [6.45, 7) is 2.08. The summed E-state index contributed by atoms with van der Waals surface area (Å²) in [4.78, 5) is 0. The number of fused-ring (bicyclic) bond motifs is 1. The molecule has 1 aromatic heterocycles. The van der Waals surface area contributed by atoms with Crippen LogP contribution in [0.25, 0.3) is 0 Å². The van der Waals surface area contributed by atoms with E-state index >= 15 is 0 Å². The van der Waals surface area contributed by atoms with Crippen LogP contribution in [0, 0.1) is 0 Å². The zero-order valence-electron chi connectivity index (χ0n) is 8.88. The average molecular weight is 207 g/mol. The maximum atomic E-state index is 5.93. The molecule has 0 aromatic carbocycles. The van der Waals surface area contributed by atoms with Crippen LogP contribution in [-0.2, 0) is 12.8 Å². The molecule has 1 saturated heterocycles. The normalized spacial score (nSPS) is 25.2. The summed E-state index contributed by atoms with van der Waals surface area (Å²) in [5.74, 6) is 0.858. The SMILES string of the molecule is C1Cc2[nH]nc(OC3CCCNC3)c2C1. The first-order chi connectivity index (χ1) is 7.43. The van der Waals surface area contributed by atoms with E-state index in [1.165, 1.54) is 24.1 Å². The summed E-state index contributed by atoms with van der Waals surface area (Å²) in [5, 5.41) is 10.7. The molecule has 0 amide bonds. The van der Waals surface area contributed by atoms with E-state index in [4.69, 9.17) is 4.74 Å². The Balaban J connectivity index is 1.70. The highest BCUT2D eigenvalue weighted by Gasteiger charge is 2.22. The van der Waals surface area contributed by atoms with Gasteiger partial charge in [-0.25, -0.2) is 0 Å². The topological polar surface area (TPSA) is 49.9 Å². The van der Waals surface area contributed by atoms with Gasteiger partial charge in [0.05, 0.1) is 0 Å². The molecule has 82 valence electrons. The summed E-state index contributed by atoms with van der Waals surface area (Å²) in [6.07, 6.45) is 6.16. The number of hydrogen-bond donors (Lipinski definition) is 2. The standard InChI is InChI=1S/C11H17N3O/c1-4-9-10(5-1)13-14-11(9)15-8-3-2-6-12-7-8/h8,12H,1-7H2,(H,13,14). The molecule has 4 nitrogen and oxygen atoms in total. The van der Waals surface area contributed by atoms with Crippen LogP contribution in [0.5, 0.6) is 5.88 Å². The van der Waals surface area contributed by atoms with Crippen molar-refractivity contribution in [2.45, 2.75) is 38.2 Å². The first-order valence-electron chi connectivity index (χ1n) is 5.87. The number of hydrogen-bond acceptors (Lipinski definition) is 3. The third kappa shape index (κ3) is 1.74. The second-order valence-electron chi connectivity index (χ2n) is 4.43. The van der Waals surface area contributed by atoms with Gasteiger partial charge in [0.25, 0.3) is 0 Å². The molecule has 2 heterocycles. The molecule has 1 aliphatic carbocycles. The number of aromatic amines is 1. The third-order valence-corrected chi connectivity index (χ3v) is 3.30. The number of aromatic nitrogens is 2. The van der Waals surface area contributed by atoms with E-state index in [2.05, 4.69) is 15.5 Å². The molecule has 1 aromatic rings. The number of nitrogens with zero attached hydrogens (tertiary/aromatic N) is 1. The summed E-state index contributed by atoms with van der Waals surface area (Å²) < 4.78 is 5.93. The Morgan fingerprint density at radius 1 is 1.27 bits per heavy atom. The maximum absolute atomic E-state index is 5.93. The van der Waals surface area contributed by atoms with E-state index in [-0.39, 0.29) is 0 Å². The second-order valence-corrected chi connectivity index (χ2v) is 4.43. The van der Waals surface area contributed by atoms with Gasteiger partial charge < -0.3 is 10.1 Å². The zero-order valence-corrected chi connectivity index (χ0v) is 8.88. The van der Waals surface area contributed by atoms with Gasteiger partial charge in [-0.1, -0.05) is 0 Å². The number of rotatable bonds is 2. The highest BCUT2D eigenvalue weighted by Crippen LogP contribution is 2.28. The Bertz CT molecular complexity index is 342. The number of nitrogens with one attached hydrogen (secondary N) is 2. The maximum Gasteiger partial charge on any atom is 0.236 e. The van der Waals surface area contributed by atoms with Crippen LogP contribution in [0.1, 0.15) is 30.5 Å². The van der Waals surface area contributed by atoms with Gasteiger partial charge in [0.2, 0.25) is 5.88 Å². The van der Waals surface area contributed by atoms with E-state index in [1.807, 2.05) is 0 Å². The van der Waals surface area contributed by atoms with Crippen molar-refractivity contribution in [2.75, 3.05) is 13.1 Å². The second kappa shape index (κ2) is 3.85. The molecule has 1 unspecified atom stereocenters. The van der Waals surface area contributed by atoms with Crippen LogP contribution < -0.4 is 10.1 Å². The lowest BCUT2D eigenvalue weighted by atomic mass is 10.1. The van der Waals surface area contributed by atoms with Crippen LogP contribution in [0.2, 0.25) is 0 Å². The van der Waals surface area contributed by atoms with Crippen LogP contribution in [0.15, 0.2) is 0 Å². The monoisotopic (exact) mass is 207 g/mol. The number of piperidine rings is 1. The molecule has 2 aliphatic rings. The molecular formula is C11H17N3O. The van der Waals surface area contributed by atoms with Crippen molar-refractivity contribution < 1.29 is 4.74 Å². The van der Waals surface area contributed by atoms with Gasteiger partial charge >= 0.3 is 0 Å². The van der Waals surface area contributed by atoms with Gasteiger partial charge in [0.15, 0.2) is 0 Å². The van der Waals surface area contributed by atoms with Gasteiger partial charge in [0, 0.05) is 17.8 Å². The van der Waals surface area contributed by atoms with Crippen molar-refractivity contribution in [3.05, 3.63) is 11.3 Å². The summed E-state index contributed by atoms with van der Waals surface area (Å²) in [5.41, 5.74) is 2.61. The minimum atomic E-state index is 0.312. The Morgan fingerprint density at radius 2 is 2.27 bits per heavy atom. The molecule has 0 radical (unpaired) electrons. The smallest absolute Gasteiger partial charge is 0.236 e. The van der Waals surface area contributed by atoms with Gasteiger partial charge in [-0.15, -0.1) is 5.10 Å². The third-order valence-electron chi connectivity index (χ3n) is 3.30. The number of ether oxygens (including phenoxy) is 1. The summed E-state index contributed by atoms with van der Waals surface area (Å²) >= 11 is 0. The molecule has 3 rings (SSSR count). The Morgan fingerprint density at radius 3 is 3.13 bits per heavy atom. The van der Waals surface area contributed by atoms with Crippen molar-refractivity contribution in [1.29, 1.82) is 0 Å². The van der Waals surface area contributed by atoms with E-state index in [0.717, 1.165) is 38.2 Å². The molecule has 0 bridgehead atoms. The highest BCUT2D eigenvalue weighted by atomic mass is 16.5. The Labute approximate surface area is 89.4 Å². The van der Waals surface area contributed by atoms with E-state index in [0.29, 0.717) is 6.10 Å². The number of aryl methyl sites for hydroxylation is 1. The largest absolute Gasteiger partial charge is 0.472 e. The van der Waals surface area contributed by atoms with Crippen LogP contribution in [0.4, 0.5) is 0 Å². The van der Waals surface area contributed by atoms with E-state index < -0.39 is 0 Å². The van der Waals surface area contributed by atoms with E-state index in [9.17, 15) is 0 Å². The molecule has 1 fully saturated rings. The van der Waals surface area contributed by atoms with Gasteiger partial charge in [-0.05, 0) is 38.6 Å². The molecule has 0 spiro atoms. The van der Waals surface area contributed by atoms with Crippen molar-refractivity contribution >= 4 is 0 Å². The zero-order chi connectivity index (χ0) is 10.1. The molecule has 1 aliphatic heterocycles. The lowest BCUT2D eigenvalue weighted by molar-refractivity contribution is 0.159. The van der Waals surface area contributed by atoms with Crippen molar-refractivity contribution in [3.8, 4) is 5.88 Å². The molecule has 2 N–H and O–H groups in total. The van der Waals surface area contributed by atoms with E-state index in [1.54, 1.807) is 0 Å². The Kier molecular flexibility index (Phi) is 2.37. The van der Waals surface area contributed by atoms with Gasteiger partial charge in [-0.2, -0.15) is 0 Å². The van der Waals surface area contributed by atoms with Crippen molar-refractivity contribution in [2.24, 2.45) is 0 Å². The molecule has 4 heteroatoms. The molecule has 15 heavy (non-hydrogen) atoms. The number of H-pyrrole nitrogens is 1. The first-order valence-corrected chi connectivity index (χ1v) is 5.87. The highest BCUT2D eigenvalue weighted by molar-refractivity contribution is 5.34. The lowest BCUT2D eigenvalue weighted by Gasteiger charge is -2.23. The minimum Gasteiger partial charge on any atom is -0.472 e. The summed E-state index contributed by atoms with van der Waals surface area (Å²) in [6, 6.07) is 0. The predicted octanol–water partition coefficient (Wildman–Crippen LogP) is 1.03. The van der Waals surface area contributed by atoms with Crippen LogP contribution in [-0.4, -0.2) is 29.4 Å². The van der Waals surface area contributed by atoms with Crippen LogP contribution >= 0.6 is 0 Å². The molecule has 1 atom stereocenters. The van der Waals surface area contributed by atoms with Crippen molar-refractivity contribution in [3.63, 3.8) is 0 Å². The molecule has 0 saturated carbocycles. The molecular weight excluding hydrogens is 190 g/mol. The fraction of sp³-hybridized carbons (Fsp3) is 0.727. The average Bonchev–Trinajstić information content (AvgIpc) is 2.85.